The molecule has 0 N–H and O–H groups in total. The average molecular weight is 269 g/mol. The molecule has 0 bridgehead atoms. The third-order valence-electron chi connectivity index (χ3n) is 5.28. The first-order chi connectivity index (χ1) is 9.71. The molecule has 0 aromatic carbocycles. The predicted octanol–water partition coefficient (Wildman–Crippen LogP) is 2.49. The van der Waals surface area contributed by atoms with Crippen molar-refractivity contribution in [2.45, 2.75) is 38.1 Å². The van der Waals surface area contributed by atoms with Gasteiger partial charge in [0, 0.05) is 11.5 Å². The molecular formula is C15H15N3O2. The van der Waals surface area contributed by atoms with Gasteiger partial charge in [-0.3, -0.25) is 4.79 Å². The Morgan fingerprint density at radius 2 is 1.90 bits per heavy atom. The highest BCUT2D eigenvalue weighted by Gasteiger charge is 2.55. The fraction of sp³-hybridized carbons (Fsp3) is 0.667. The smallest absolute Gasteiger partial charge is 0.164 e. The van der Waals surface area contributed by atoms with Crippen LogP contribution >= 0.6 is 0 Å². The summed E-state index contributed by atoms with van der Waals surface area (Å²) in [6.45, 7) is 0. The number of carbonyl (C=O) groups is 1. The maximum atomic E-state index is 12.6. The van der Waals surface area contributed by atoms with Crippen LogP contribution in [0.25, 0.3) is 0 Å². The summed E-state index contributed by atoms with van der Waals surface area (Å²) < 4.78 is 0. The zero-order chi connectivity index (χ0) is 14.3. The van der Waals surface area contributed by atoms with Gasteiger partial charge >= 0.3 is 0 Å². The van der Waals surface area contributed by atoms with Crippen molar-refractivity contribution in [3.63, 3.8) is 0 Å². The van der Waals surface area contributed by atoms with E-state index in [4.69, 9.17) is 10.5 Å². The van der Waals surface area contributed by atoms with Gasteiger partial charge in [0.15, 0.2) is 5.78 Å². The molecule has 0 aliphatic heterocycles. The summed E-state index contributed by atoms with van der Waals surface area (Å²) in [6.07, 6.45) is 4.14. The Labute approximate surface area is 117 Å². The van der Waals surface area contributed by atoms with Crippen LogP contribution in [-0.4, -0.2) is 11.8 Å². The van der Waals surface area contributed by atoms with Gasteiger partial charge in [-0.05, 0) is 37.0 Å². The minimum Gasteiger partial charge on any atom is -0.294 e. The topological polar surface area (TPSA) is 94.1 Å². The van der Waals surface area contributed by atoms with Gasteiger partial charge in [-0.2, -0.15) is 15.4 Å². The van der Waals surface area contributed by atoms with Gasteiger partial charge in [-0.15, -0.1) is 0 Å². The molecule has 5 nitrogen and oxygen atoms in total. The highest BCUT2D eigenvalue weighted by molar-refractivity contribution is 6.02. The molecule has 3 saturated carbocycles. The third-order valence-corrected chi connectivity index (χ3v) is 5.28. The Balaban J connectivity index is 2.09. The van der Waals surface area contributed by atoms with E-state index < -0.39 is 0 Å². The molecule has 102 valence electrons. The van der Waals surface area contributed by atoms with E-state index in [9.17, 15) is 9.70 Å². The number of nitroso groups, excluding NO2 is 1. The van der Waals surface area contributed by atoms with Gasteiger partial charge in [0.05, 0.1) is 6.04 Å². The number of rotatable bonds is 1. The number of allylic oxidation sites excluding steroid dienone is 2. The Morgan fingerprint density at radius 1 is 1.15 bits per heavy atom. The highest BCUT2D eigenvalue weighted by Crippen LogP contribution is 2.56. The normalized spacial score (nSPS) is 38.6. The van der Waals surface area contributed by atoms with Crippen LogP contribution in [0.2, 0.25) is 0 Å². The molecule has 5 heteroatoms. The Kier molecular flexibility index (Phi) is 3.14. The van der Waals surface area contributed by atoms with Crippen molar-refractivity contribution in [1.82, 2.24) is 0 Å². The fourth-order valence-corrected chi connectivity index (χ4v) is 4.63. The summed E-state index contributed by atoms with van der Waals surface area (Å²) in [5.74, 6) is 0.396. The van der Waals surface area contributed by atoms with Crippen LogP contribution in [0.3, 0.4) is 0 Å². The van der Waals surface area contributed by atoms with E-state index in [-0.39, 0.29) is 35.2 Å². The minimum atomic E-state index is -0.278. The van der Waals surface area contributed by atoms with Crippen LogP contribution in [0.5, 0.6) is 0 Å². The van der Waals surface area contributed by atoms with E-state index in [1.165, 1.54) is 0 Å². The summed E-state index contributed by atoms with van der Waals surface area (Å²) in [6, 6.07) is 3.44. The molecule has 0 heterocycles. The molecule has 0 amide bonds. The quantitative estimate of drug-likeness (QED) is 0.415. The first-order valence-corrected chi connectivity index (χ1v) is 7.12. The molecule has 3 rings (SSSR count). The van der Waals surface area contributed by atoms with E-state index in [0.29, 0.717) is 17.9 Å². The number of hydrogen-bond acceptors (Lipinski definition) is 5. The Bertz CT molecular complexity index is 565. The van der Waals surface area contributed by atoms with Gasteiger partial charge in [0.25, 0.3) is 0 Å². The monoisotopic (exact) mass is 269 g/mol. The molecule has 0 spiro atoms. The second-order valence-corrected chi connectivity index (χ2v) is 6.09. The zero-order valence-corrected chi connectivity index (χ0v) is 11.1. The number of ketones is 1. The summed E-state index contributed by atoms with van der Waals surface area (Å²) in [5.41, 5.74) is 0.338. The van der Waals surface area contributed by atoms with Crippen molar-refractivity contribution in [3.05, 3.63) is 16.1 Å². The Hall–Kier alpha value is -2.01. The van der Waals surface area contributed by atoms with E-state index in [0.717, 1.165) is 25.7 Å². The summed E-state index contributed by atoms with van der Waals surface area (Å²) in [5, 5.41) is 21.4. The third kappa shape index (κ3) is 1.70. The molecule has 3 aliphatic rings. The maximum absolute atomic E-state index is 12.6. The van der Waals surface area contributed by atoms with Crippen molar-refractivity contribution in [2.75, 3.05) is 0 Å². The van der Waals surface area contributed by atoms with Crippen molar-refractivity contribution < 1.29 is 4.79 Å². The number of hydrogen-bond donors (Lipinski definition) is 0. The molecule has 5 unspecified atom stereocenters. The van der Waals surface area contributed by atoms with E-state index in [2.05, 4.69) is 5.18 Å². The van der Waals surface area contributed by atoms with Gasteiger partial charge < -0.3 is 0 Å². The fourth-order valence-electron chi connectivity index (χ4n) is 4.63. The van der Waals surface area contributed by atoms with Crippen molar-refractivity contribution in [2.24, 2.45) is 28.8 Å². The van der Waals surface area contributed by atoms with Crippen molar-refractivity contribution in [3.8, 4) is 12.1 Å². The molecule has 5 atom stereocenters. The molecule has 0 aromatic rings. The maximum Gasteiger partial charge on any atom is 0.164 e. The van der Waals surface area contributed by atoms with Gasteiger partial charge in [-0.1, -0.05) is 18.0 Å². The molecular weight excluding hydrogens is 254 g/mol. The lowest BCUT2D eigenvalue weighted by Gasteiger charge is -2.41. The molecule has 20 heavy (non-hydrogen) atoms. The second kappa shape index (κ2) is 4.83. The van der Waals surface area contributed by atoms with E-state index in [1.54, 1.807) is 0 Å². The summed E-state index contributed by atoms with van der Waals surface area (Å²) in [4.78, 5) is 23.5. The number of nitrogens with zero attached hydrogens (tertiary/aromatic N) is 3. The first-order valence-electron chi connectivity index (χ1n) is 7.12. The van der Waals surface area contributed by atoms with Crippen LogP contribution in [0.1, 0.15) is 32.1 Å². The summed E-state index contributed by atoms with van der Waals surface area (Å²) >= 11 is 0. The van der Waals surface area contributed by atoms with Crippen molar-refractivity contribution >= 4 is 5.78 Å². The SMILES string of the molecule is N#CC(C#N)=C1C(=O)C2CCCC3CC(N=O)CC1C32. The standard InChI is InChI=1S/C15H15N3O2/c16-6-9(7-17)14-12-5-10(18-20)4-8-2-1-3-11(13(8)12)15(14)19/h8,10-13H,1-5H2. The first kappa shape index (κ1) is 13.0. The molecule has 0 radical (unpaired) electrons. The largest absolute Gasteiger partial charge is 0.294 e. The zero-order valence-electron chi connectivity index (χ0n) is 11.1. The van der Waals surface area contributed by atoms with Gasteiger partial charge in [-0.25, -0.2) is 0 Å². The van der Waals surface area contributed by atoms with Crippen LogP contribution in [0.4, 0.5) is 0 Å². The lowest BCUT2D eigenvalue weighted by Crippen LogP contribution is -2.37. The summed E-state index contributed by atoms with van der Waals surface area (Å²) in [7, 11) is 0. The number of Topliss-reactive ketones (excluding diaryl/α,β-unsaturated/α-hetero) is 1. The lowest BCUT2D eigenvalue weighted by atomic mass is 9.63. The number of carbonyl (C=O) groups excluding carboxylic acids is 1. The minimum absolute atomic E-state index is 0.0191. The van der Waals surface area contributed by atoms with Crippen LogP contribution in [0.15, 0.2) is 16.3 Å². The lowest BCUT2D eigenvalue weighted by molar-refractivity contribution is -0.120. The predicted molar refractivity (Wildman–Crippen MR) is 69.9 cm³/mol. The Morgan fingerprint density at radius 3 is 2.55 bits per heavy atom. The van der Waals surface area contributed by atoms with Crippen molar-refractivity contribution in [1.29, 1.82) is 10.5 Å². The van der Waals surface area contributed by atoms with Crippen LogP contribution in [0, 0.1) is 51.2 Å². The molecule has 0 aromatic heterocycles. The molecule has 3 aliphatic carbocycles. The van der Waals surface area contributed by atoms with Crippen LogP contribution < -0.4 is 0 Å². The average Bonchev–Trinajstić information content (AvgIpc) is 2.76. The van der Waals surface area contributed by atoms with Crippen LogP contribution in [-0.2, 0) is 4.79 Å². The van der Waals surface area contributed by atoms with Gasteiger partial charge in [0.1, 0.15) is 17.7 Å². The van der Waals surface area contributed by atoms with E-state index in [1.807, 2.05) is 12.1 Å². The highest BCUT2D eigenvalue weighted by atomic mass is 16.3. The second-order valence-electron chi connectivity index (χ2n) is 6.09. The molecule has 0 saturated heterocycles. The van der Waals surface area contributed by atoms with E-state index >= 15 is 0 Å². The number of nitriles is 2. The molecule has 3 fully saturated rings. The van der Waals surface area contributed by atoms with Gasteiger partial charge in [0.2, 0.25) is 0 Å².